The molecule has 1 rings (SSSR count). The van der Waals surface area contributed by atoms with Gasteiger partial charge in [0.1, 0.15) is 17.4 Å². The molecule has 0 saturated heterocycles. The number of benzene rings is 1. The number of rotatable bonds is 10. The number of carbonyl (C=O) groups is 4. The van der Waals surface area contributed by atoms with Gasteiger partial charge in [-0.3, -0.25) is 9.59 Å². The fraction of sp³-hybridized carbons (Fsp3) is 0.444. The number of ether oxygens (including phenoxy) is 3. The number of esters is 2. The molecule has 0 bridgehead atoms. The summed E-state index contributed by atoms with van der Waals surface area (Å²) in [6, 6.07) is 5.24. The van der Waals surface area contributed by atoms with E-state index in [0.29, 0.717) is 6.42 Å². The average molecular weight is 380 g/mol. The highest BCUT2D eigenvalue weighted by Gasteiger charge is 2.23. The van der Waals surface area contributed by atoms with Crippen LogP contribution in [0.2, 0.25) is 0 Å². The third-order valence-corrected chi connectivity index (χ3v) is 3.34. The van der Waals surface area contributed by atoms with Crippen LogP contribution in [0.3, 0.4) is 0 Å². The van der Waals surface area contributed by atoms with E-state index in [0.717, 1.165) is 0 Å². The van der Waals surface area contributed by atoms with Gasteiger partial charge in [0.2, 0.25) is 0 Å². The minimum absolute atomic E-state index is 0.0400. The quantitative estimate of drug-likeness (QED) is 0.562. The Hall–Kier alpha value is -3.10. The highest BCUT2D eigenvalue weighted by atomic mass is 16.5. The second-order valence-corrected chi connectivity index (χ2v) is 6.10. The predicted octanol–water partition coefficient (Wildman–Crippen LogP) is 0.411. The van der Waals surface area contributed by atoms with E-state index < -0.39 is 43.0 Å². The maximum absolute atomic E-state index is 12.2. The van der Waals surface area contributed by atoms with Crippen molar-refractivity contribution in [1.82, 2.24) is 5.32 Å². The standard InChI is InChI=1S/C18H24N2O7/c1-11(2)8-13(18(24)25-3)20-16(22)10-27-17(23)12-6-4-5-7-14(12)26-9-15(19)21/h4-7,11,13H,8-10H2,1-3H3,(H2,19,21)(H,20,22). The number of primary amides is 1. The summed E-state index contributed by atoms with van der Waals surface area (Å²) in [6.45, 7) is 2.80. The third-order valence-electron chi connectivity index (χ3n) is 3.34. The molecule has 1 aromatic rings. The van der Waals surface area contributed by atoms with E-state index in [1.165, 1.54) is 19.2 Å². The lowest BCUT2D eigenvalue weighted by atomic mass is 10.0. The molecule has 0 fully saturated rings. The first-order chi connectivity index (χ1) is 12.7. The topological polar surface area (TPSA) is 134 Å². The number of nitrogens with two attached hydrogens (primary N) is 1. The molecule has 0 radical (unpaired) electrons. The van der Waals surface area contributed by atoms with Crippen LogP contribution in [0.25, 0.3) is 0 Å². The van der Waals surface area contributed by atoms with Gasteiger partial charge in [0.15, 0.2) is 13.2 Å². The van der Waals surface area contributed by atoms with Crippen LogP contribution < -0.4 is 15.8 Å². The van der Waals surface area contributed by atoms with Crippen LogP contribution in [0.4, 0.5) is 0 Å². The lowest BCUT2D eigenvalue weighted by Gasteiger charge is -2.18. The first kappa shape index (κ1) is 21.9. The summed E-state index contributed by atoms with van der Waals surface area (Å²) in [5.74, 6) is -2.48. The summed E-state index contributed by atoms with van der Waals surface area (Å²) >= 11 is 0. The number of carbonyl (C=O) groups excluding carboxylic acids is 4. The van der Waals surface area contributed by atoms with Crippen LogP contribution in [-0.4, -0.2) is 50.1 Å². The van der Waals surface area contributed by atoms with Gasteiger partial charge in [-0.1, -0.05) is 26.0 Å². The van der Waals surface area contributed by atoms with Gasteiger partial charge in [0.05, 0.1) is 7.11 Å². The van der Waals surface area contributed by atoms with Crippen molar-refractivity contribution in [1.29, 1.82) is 0 Å². The Morgan fingerprint density at radius 2 is 1.78 bits per heavy atom. The number of para-hydroxylation sites is 1. The molecule has 3 N–H and O–H groups in total. The van der Waals surface area contributed by atoms with Crippen LogP contribution >= 0.6 is 0 Å². The molecule has 1 atom stereocenters. The zero-order valence-corrected chi connectivity index (χ0v) is 15.5. The van der Waals surface area contributed by atoms with Gasteiger partial charge >= 0.3 is 11.9 Å². The zero-order valence-electron chi connectivity index (χ0n) is 15.5. The van der Waals surface area contributed by atoms with E-state index in [4.69, 9.17) is 15.2 Å². The molecular formula is C18H24N2O7. The normalized spacial score (nSPS) is 11.4. The van der Waals surface area contributed by atoms with Crippen LogP contribution in [0.1, 0.15) is 30.6 Å². The van der Waals surface area contributed by atoms with Crippen molar-refractivity contribution >= 4 is 23.8 Å². The predicted molar refractivity (Wildman–Crippen MR) is 94.8 cm³/mol. The number of methoxy groups -OCH3 is 1. The van der Waals surface area contributed by atoms with Gasteiger partial charge in [-0.25, -0.2) is 9.59 Å². The summed E-state index contributed by atoms with van der Waals surface area (Å²) < 4.78 is 14.8. The average Bonchev–Trinajstić information content (AvgIpc) is 2.63. The van der Waals surface area contributed by atoms with Crippen LogP contribution in [0, 0.1) is 5.92 Å². The Bertz CT molecular complexity index is 688. The Labute approximate surface area is 157 Å². The second-order valence-electron chi connectivity index (χ2n) is 6.10. The zero-order chi connectivity index (χ0) is 20.4. The molecule has 2 amide bonds. The highest BCUT2D eigenvalue weighted by Crippen LogP contribution is 2.18. The summed E-state index contributed by atoms with van der Waals surface area (Å²) in [5.41, 5.74) is 5.05. The van der Waals surface area contributed by atoms with Crippen molar-refractivity contribution < 1.29 is 33.4 Å². The van der Waals surface area contributed by atoms with Crippen molar-refractivity contribution in [2.45, 2.75) is 26.3 Å². The highest BCUT2D eigenvalue weighted by molar-refractivity contribution is 5.94. The van der Waals surface area contributed by atoms with Crippen molar-refractivity contribution in [3.05, 3.63) is 29.8 Å². The molecule has 148 valence electrons. The third kappa shape index (κ3) is 7.76. The van der Waals surface area contributed by atoms with E-state index in [1.54, 1.807) is 12.1 Å². The van der Waals surface area contributed by atoms with Crippen molar-refractivity contribution in [2.75, 3.05) is 20.3 Å². The minimum atomic E-state index is -0.826. The van der Waals surface area contributed by atoms with Crippen LogP contribution in [0.5, 0.6) is 5.75 Å². The Morgan fingerprint density at radius 1 is 1.11 bits per heavy atom. The maximum atomic E-state index is 12.2. The molecule has 9 nitrogen and oxygen atoms in total. The number of amides is 2. The lowest BCUT2D eigenvalue weighted by Crippen LogP contribution is -2.44. The van der Waals surface area contributed by atoms with Gasteiger partial charge in [-0.15, -0.1) is 0 Å². The number of hydrogen-bond donors (Lipinski definition) is 2. The van der Waals surface area contributed by atoms with Gasteiger partial charge in [0.25, 0.3) is 11.8 Å². The van der Waals surface area contributed by atoms with Crippen molar-refractivity contribution in [3.63, 3.8) is 0 Å². The first-order valence-electron chi connectivity index (χ1n) is 8.29. The van der Waals surface area contributed by atoms with E-state index in [-0.39, 0.29) is 17.2 Å². The van der Waals surface area contributed by atoms with E-state index >= 15 is 0 Å². The largest absolute Gasteiger partial charge is 0.483 e. The molecule has 0 aromatic heterocycles. The fourth-order valence-corrected chi connectivity index (χ4v) is 2.18. The van der Waals surface area contributed by atoms with Crippen LogP contribution in [0.15, 0.2) is 24.3 Å². The van der Waals surface area contributed by atoms with Gasteiger partial charge < -0.3 is 25.3 Å². The van der Waals surface area contributed by atoms with Crippen molar-refractivity contribution in [2.24, 2.45) is 11.7 Å². The summed E-state index contributed by atoms with van der Waals surface area (Å²) in [4.78, 5) is 46.7. The second kappa shape index (κ2) is 10.8. The van der Waals surface area contributed by atoms with Crippen LogP contribution in [-0.2, 0) is 23.9 Å². The number of hydrogen-bond acceptors (Lipinski definition) is 7. The molecular weight excluding hydrogens is 356 g/mol. The molecule has 0 heterocycles. The fourth-order valence-electron chi connectivity index (χ4n) is 2.18. The minimum Gasteiger partial charge on any atom is -0.483 e. The molecule has 9 heteroatoms. The number of nitrogens with one attached hydrogen (secondary N) is 1. The Morgan fingerprint density at radius 3 is 2.37 bits per heavy atom. The monoisotopic (exact) mass is 380 g/mol. The molecule has 0 aliphatic carbocycles. The summed E-state index contributed by atoms with van der Waals surface area (Å²) in [6.07, 6.45) is 0.385. The van der Waals surface area contributed by atoms with E-state index in [9.17, 15) is 19.2 Å². The SMILES string of the molecule is COC(=O)C(CC(C)C)NC(=O)COC(=O)c1ccccc1OCC(N)=O. The molecule has 1 aromatic carbocycles. The maximum Gasteiger partial charge on any atom is 0.342 e. The Balaban J connectivity index is 2.66. The van der Waals surface area contributed by atoms with E-state index in [2.05, 4.69) is 10.1 Å². The molecule has 27 heavy (non-hydrogen) atoms. The molecule has 1 unspecified atom stereocenters. The lowest BCUT2D eigenvalue weighted by molar-refractivity contribution is -0.145. The molecule has 0 spiro atoms. The molecule has 0 saturated carbocycles. The van der Waals surface area contributed by atoms with Crippen molar-refractivity contribution in [3.8, 4) is 5.75 Å². The summed E-state index contributed by atoms with van der Waals surface area (Å²) in [7, 11) is 1.23. The summed E-state index contributed by atoms with van der Waals surface area (Å²) in [5, 5.41) is 2.48. The van der Waals surface area contributed by atoms with E-state index in [1.807, 2.05) is 13.8 Å². The molecule has 0 aliphatic rings. The Kier molecular flexibility index (Phi) is 8.77. The smallest absolute Gasteiger partial charge is 0.342 e. The first-order valence-corrected chi connectivity index (χ1v) is 8.29. The molecule has 0 aliphatic heterocycles. The van der Waals surface area contributed by atoms with Gasteiger partial charge in [0, 0.05) is 0 Å². The van der Waals surface area contributed by atoms with Gasteiger partial charge in [-0.05, 0) is 24.5 Å². The van der Waals surface area contributed by atoms with Gasteiger partial charge in [-0.2, -0.15) is 0 Å².